The summed E-state index contributed by atoms with van der Waals surface area (Å²) in [4.78, 5) is 12.5. The first-order chi connectivity index (χ1) is 11.6. The van der Waals surface area contributed by atoms with E-state index in [4.69, 9.17) is 0 Å². The minimum atomic E-state index is -0.513. The highest BCUT2D eigenvalue weighted by Gasteiger charge is 2.56. The van der Waals surface area contributed by atoms with Crippen LogP contribution in [0.4, 0.5) is 0 Å². The third-order valence-corrected chi connectivity index (χ3v) is 6.96. The summed E-state index contributed by atoms with van der Waals surface area (Å²) in [5.41, 5.74) is 2.01. The molecule has 2 fully saturated rings. The van der Waals surface area contributed by atoms with Gasteiger partial charge in [-0.1, -0.05) is 44.6 Å². The van der Waals surface area contributed by atoms with Crippen molar-refractivity contribution >= 4 is 5.78 Å². The predicted octanol–water partition coefficient (Wildman–Crippen LogP) is 5.21. The second kappa shape index (κ2) is 6.80. The number of allylic oxidation sites excluding steroid dienone is 3. The van der Waals surface area contributed by atoms with Crippen LogP contribution in [-0.4, -0.2) is 5.78 Å². The second-order valence-electron chi connectivity index (χ2n) is 8.63. The van der Waals surface area contributed by atoms with E-state index in [1.807, 2.05) is 13.8 Å². The highest BCUT2D eigenvalue weighted by molar-refractivity contribution is 5.87. The fraction of sp³-hybridized carbons (Fsp3) is 0.682. The van der Waals surface area contributed by atoms with Gasteiger partial charge < -0.3 is 0 Å². The Bertz CT molecular complexity index is 692. The Morgan fingerprint density at radius 1 is 1.44 bits per heavy atom. The molecule has 0 spiro atoms. The number of hydrogen-bond acceptors (Lipinski definition) is 3. The Morgan fingerprint density at radius 2 is 2.08 bits per heavy atom. The summed E-state index contributed by atoms with van der Waals surface area (Å²) in [6.07, 6.45) is 5.52. The van der Waals surface area contributed by atoms with Crippen molar-refractivity contribution in [1.82, 2.24) is 0 Å². The monoisotopic (exact) mass is 338 g/mol. The standard InChI is InChI=1S/C22H30N2O/c1-7-19-21(5,10-16(12-23)14(2)3)9-8-18-15(4)20(25)17(13-24)11-22(18,19)6/h7,15-18H,2,8-11H2,1,3-6H3/b19-7+. The molecule has 25 heavy (non-hydrogen) atoms. The smallest absolute Gasteiger partial charge is 0.153 e. The first kappa shape index (κ1) is 19.5. The molecule has 6 unspecified atom stereocenters. The van der Waals surface area contributed by atoms with E-state index in [1.165, 1.54) is 5.57 Å². The molecular weight excluding hydrogens is 308 g/mol. The molecule has 0 N–H and O–H groups in total. The van der Waals surface area contributed by atoms with E-state index < -0.39 is 5.92 Å². The van der Waals surface area contributed by atoms with Crippen LogP contribution < -0.4 is 0 Å². The van der Waals surface area contributed by atoms with Crippen molar-refractivity contribution in [3.05, 3.63) is 23.8 Å². The van der Waals surface area contributed by atoms with Crippen molar-refractivity contribution in [2.45, 2.75) is 60.3 Å². The van der Waals surface area contributed by atoms with Crippen molar-refractivity contribution in [1.29, 1.82) is 10.5 Å². The van der Waals surface area contributed by atoms with Gasteiger partial charge in [0.15, 0.2) is 5.78 Å². The average molecular weight is 338 g/mol. The Morgan fingerprint density at radius 3 is 2.56 bits per heavy atom. The lowest BCUT2D eigenvalue weighted by Gasteiger charge is -2.57. The van der Waals surface area contributed by atoms with Gasteiger partial charge in [0.1, 0.15) is 5.92 Å². The molecule has 0 bridgehead atoms. The van der Waals surface area contributed by atoms with E-state index in [9.17, 15) is 15.3 Å². The topological polar surface area (TPSA) is 64.7 Å². The maximum absolute atomic E-state index is 12.5. The number of carbonyl (C=O) groups is 1. The minimum Gasteiger partial charge on any atom is -0.298 e. The van der Waals surface area contributed by atoms with Crippen LogP contribution in [0.3, 0.4) is 0 Å². The van der Waals surface area contributed by atoms with Gasteiger partial charge in [0.05, 0.1) is 18.1 Å². The summed E-state index contributed by atoms with van der Waals surface area (Å²) in [6.45, 7) is 14.5. The third-order valence-electron chi connectivity index (χ3n) is 6.96. The Hall–Kier alpha value is -1.87. The normalized spacial score (nSPS) is 40.7. The number of Topliss-reactive ketones (excluding diaryl/α,β-unsaturated/α-hetero) is 1. The first-order valence-corrected chi connectivity index (χ1v) is 9.30. The minimum absolute atomic E-state index is 0.0733. The molecule has 2 saturated carbocycles. The van der Waals surface area contributed by atoms with Crippen molar-refractivity contribution in [2.75, 3.05) is 0 Å². The Balaban J connectivity index is 2.45. The van der Waals surface area contributed by atoms with Gasteiger partial charge >= 0.3 is 0 Å². The number of hydrogen-bond donors (Lipinski definition) is 0. The van der Waals surface area contributed by atoms with E-state index in [1.54, 1.807) is 0 Å². The van der Waals surface area contributed by atoms with Crippen LogP contribution in [0.5, 0.6) is 0 Å². The molecule has 2 aliphatic rings. The molecule has 0 heterocycles. The lowest BCUT2D eigenvalue weighted by molar-refractivity contribution is -0.135. The predicted molar refractivity (Wildman–Crippen MR) is 99.1 cm³/mol. The molecule has 0 aliphatic heterocycles. The zero-order valence-electron chi connectivity index (χ0n) is 16.2. The van der Waals surface area contributed by atoms with Gasteiger partial charge in [-0.2, -0.15) is 10.5 Å². The maximum atomic E-state index is 12.5. The van der Waals surface area contributed by atoms with Crippen LogP contribution in [0, 0.1) is 57.2 Å². The third kappa shape index (κ3) is 3.06. The first-order valence-electron chi connectivity index (χ1n) is 9.30. The molecule has 0 saturated heterocycles. The average Bonchev–Trinajstić information content (AvgIpc) is 2.55. The zero-order chi connectivity index (χ0) is 19.0. The molecule has 134 valence electrons. The highest BCUT2D eigenvalue weighted by atomic mass is 16.1. The van der Waals surface area contributed by atoms with Crippen molar-refractivity contribution in [2.24, 2.45) is 34.5 Å². The largest absolute Gasteiger partial charge is 0.298 e. The summed E-state index contributed by atoms with van der Waals surface area (Å²) in [5, 5.41) is 19.0. The van der Waals surface area contributed by atoms with Crippen LogP contribution in [-0.2, 0) is 4.79 Å². The molecule has 3 heteroatoms. The van der Waals surface area contributed by atoms with E-state index in [0.29, 0.717) is 6.42 Å². The fourth-order valence-electron chi connectivity index (χ4n) is 5.70. The number of ketones is 1. The molecule has 6 atom stereocenters. The number of nitriles is 2. The maximum Gasteiger partial charge on any atom is 0.153 e. The SMILES string of the molecule is C=C(C)C(C#N)CC1(C)CCC2C(C)C(=O)C(C#N)CC2(C)/C1=C/C. The summed E-state index contributed by atoms with van der Waals surface area (Å²) in [7, 11) is 0. The van der Waals surface area contributed by atoms with Crippen LogP contribution in [0.1, 0.15) is 60.3 Å². The van der Waals surface area contributed by atoms with E-state index in [2.05, 4.69) is 45.6 Å². The van der Waals surface area contributed by atoms with Crippen molar-refractivity contribution < 1.29 is 4.79 Å². The van der Waals surface area contributed by atoms with Crippen LogP contribution in [0.15, 0.2) is 23.8 Å². The highest BCUT2D eigenvalue weighted by Crippen LogP contribution is 2.62. The van der Waals surface area contributed by atoms with Gasteiger partial charge in [-0.15, -0.1) is 0 Å². The molecular formula is C22H30N2O. The number of fused-ring (bicyclic) bond motifs is 1. The number of nitrogens with zero attached hydrogens (tertiary/aromatic N) is 2. The summed E-state index contributed by atoms with van der Waals surface area (Å²) >= 11 is 0. The summed E-state index contributed by atoms with van der Waals surface area (Å²) in [5.74, 6) is -0.345. The van der Waals surface area contributed by atoms with Gasteiger partial charge in [0, 0.05) is 5.92 Å². The van der Waals surface area contributed by atoms with Crippen LogP contribution in [0.25, 0.3) is 0 Å². The zero-order valence-corrected chi connectivity index (χ0v) is 16.2. The molecule has 2 aliphatic carbocycles. The molecule has 3 nitrogen and oxygen atoms in total. The van der Waals surface area contributed by atoms with Gasteiger partial charge in [-0.25, -0.2) is 0 Å². The van der Waals surface area contributed by atoms with Crippen molar-refractivity contribution in [3.8, 4) is 12.1 Å². The van der Waals surface area contributed by atoms with E-state index in [0.717, 1.165) is 24.8 Å². The lowest BCUT2D eigenvalue weighted by Crippen LogP contribution is -2.52. The van der Waals surface area contributed by atoms with E-state index in [-0.39, 0.29) is 34.4 Å². The number of carbonyl (C=O) groups excluding carboxylic acids is 1. The fourth-order valence-corrected chi connectivity index (χ4v) is 5.70. The van der Waals surface area contributed by atoms with Gasteiger partial charge in [-0.3, -0.25) is 4.79 Å². The molecule has 0 aromatic rings. The number of rotatable bonds is 3. The molecule has 0 aromatic heterocycles. The van der Waals surface area contributed by atoms with Crippen molar-refractivity contribution in [3.63, 3.8) is 0 Å². The van der Waals surface area contributed by atoms with Crippen LogP contribution >= 0.6 is 0 Å². The summed E-state index contributed by atoms with van der Waals surface area (Å²) in [6, 6.07) is 4.65. The van der Waals surface area contributed by atoms with E-state index >= 15 is 0 Å². The second-order valence-corrected chi connectivity index (χ2v) is 8.63. The Labute approximate surface area is 152 Å². The Kier molecular flexibility index (Phi) is 5.29. The van der Waals surface area contributed by atoms with Crippen LogP contribution in [0.2, 0.25) is 0 Å². The van der Waals surface area contributed by atoms with Gasteiger partial charge in [-0.05, 0) is 56.3 Å². The van der Waals surface area contributed by atoms with Gasteiger partial charge in [0.2, 0.25) is 0 Å². The van der Waals surface area contributed by atoms with Gasteiger partial charge in [0.25, 0.3) is 0 Å². The molecule has 2 rings (SSSR count). The summed E-state index contributed by atoms with van der Waals surface area (Å²) < 4.78 is 0. The molecule has 0 aromatic carbocycles. The quantitative estimate of drug-likeness (QED) is 0.663. The molecule has 0 amide bonds. The lowest BCUT2D eigenvalue weighted by atomic mass is 9.46. The molecule has 0 radical (unpaired) electrons.